The molecule has 7 rings (SSSR count). The number of rotatable bonds is 10. The second-order valence-electron chi connectivity index (χ2n) is 14.2. The third-order valence-corrected chi connectivity index (χ3v) is 11.2. The van der Waals surface area contributed by atoms with E-state index in [2.05, 4.69) is 16.7 Å². The highest BCUT2D eigenvalue weighted by atomic mass is 16.5. The summed E-state index contributed by atoms with van der Waals surface area (Å²) in [4.78, 5) is 41.4. The van der Waals surface area contributed by atoms with E-state index in [0.717, 1.165) is 111 Å². The van der Waals surface area contributed by atoms with E-state index in [1.54, 1.807) is 19.6 Å². The van der Waals surface area contributed by atoms with Crippen LogP contribution in [0.3, 0.4) is 0 Å². The lowest BCUT2D eigenvalue weighted by atomic mass is 9.68. The van der Waals surface area contributed by atoms with Crippen molar-refractivity contribution in [2.75, 3.05) is 13.7 Å². The fourth-order valence-corrected chi connectivity index (χ4v) is 7.71. The molecular formula is C37H47N5O4. The van der Waals surface area contributed by atoms with Gasteiger partial charge in [-0.05, 0) is 114 Å². The number of nitrogens with one attached hydrogen (secondary N) is 2. The second kappa shape index (κ2) is 13.2. The Balaban J connectivity index is 1.03. The molecule has 3 heterocycles. The van der Waals surface area contributed by atoms with Crippen LogP contribution in [0.4, 0.5) is 0 Å². The molecule has 0 saturated heterocycles. The summed E-state index contributed by atoms with van der Waals surface area (Å²) in [6, 6.07) is 8.20. The van der Waals surface area contributed by atoms with Gasteiger partial charge in [-0.2, -0.15) is 0 Å². The van der Waals surface area contributed by atoms with Gasteiger partial charge in [0.25, 0.3) is 0 Å². The molecule has 4 fully saturated rings. The average Bonchev–Trinajstić information content (AvgIpc) is 3.79. The normalized spacial score (nSPS) is 26.6. The van der Waals surface area contributed by atoms with Gasteiger partial charge >= 0.3 is 0 Å². The standard InChI is InChI=1S/C37H47N5O4/c1-23-32(45-2)13-12-30(40-23)25-8-6-24(7-9-25)21-39-36(44)37(17-14-29(15-18-37)41-34(43)26-4-3-5-26)33-20-28(16-19-38-33)31-22-46-35(42-31)27-10-11-27/h12-13,16,19-20,22,24-27,29H,3-11,14-15,17-18,21H2,1-2H3,(H,39,44)(H,41,43). The van der Waals surface area contributed by atoms with Gasteiger partial charge in [-0.25, -0.2) is 4.98 Å². The number of carbonyl (C=O) groups is 2. The van der Waals surface area contributed by atoms with E-state index >= 15 is 0 Å². The number of aromatic nitrogens is 3. The molecule has 4 saturated carbocycles. The highest BCUT2D eigenvalue weighted by Crippen LogP contribution is 2.43. The lowest BCUT2D eigenvalue weighted by Gasteiger charge is -2.40. The Hall–Kier alpha value is -3.75. The molecule has 46 heavy (non-hydrogen) atoms. The number of carbonyl (C=O) groups excluding carboxylic acids is 2. The summed E-state index contributed by atoms with van der Waals surface area (Å²) >= 11 is 0. The first-order valence-corrected chi connectivity index (χ1v) is 17.4. The van der Waals surface area contributed by atoms with Gasteiger partial charge in [0.2, 0.25) is 11.8 Å². The minimum Gasteiger partial charge on any atom is -0.495 e. The van der Waals surface area contributed by atoms with Crippen LogP contribution in [0.5, 0.6) is 5.75 Å². The molecule has 0 aromatic carbocycles. The van der Waals surface area contributed by atoms with Gasteiger partial charge in [-0.3, -0.25) is 19.6 Å². The molecule has 0 aliphatic heterocycles. The number of hydrogen-bond acceptors (Lipinski definition) is 7. The summed E-state index contributed by atoms with van der Waals surface area (Å²) in [6.45, 7) is 2.66. The fraction of sp³-hybridized carbons (Fsp3) is 0.595. The van der Waals surface area contributed by atoms with Crippen molar-refractivity contribution in [3.8, 4) is 17.0 Å². The predicted molar refractivity (Wildman–Crippen MR) is 174 cm³/mol. The Bertz CT molecular complexity index is 1540. The van der Waals surface area contributed by atoms with Crippen molar-refractivity contribution in [3.63, 3.8) is 0 Å². The van der Waals surface area contributed by atoms with Crippen LogP contribution in [0.1, 0.15) is 118 Å². The largest absolute Gasteiger partial charge is 0.495 e. The van der Waals surface area contributed by atoms with Crippen molar-refractivity contribution in [1.82, 2.24) is 25.6 Å². The van der Waals surface area contributed by atoms with Crippen LogP contribution in [0.15, 0.2) is 41.1 Å². The third-order valence-electron chi connectivity index (χ3n) is 11.2. The molecule has 9 nitrogen and oxygen atoms in total. The molecule has 2 N–H and O–H groups in total. The smallest absolute Gasteiger partial charge is 0.232 e. The maximum atomic E-state index is 14.3. The number of aryl methyl sites for hydroxylation is 1. The van der Waals surface area contributed by atoms with Crippen molar-refractivity contribution >= 4 is 11.8 Å². The van der Waals surface area contributed by atoms with Crippen LogP contribution in [-0.2, 0) is 15.0 Å². The van der Waals surface area contributed by atoms with Gasteiger partial charge in [0.15, 0.2) is 5.89 Å². The topological polar surface area (TPSA) is 119 Å². The number of ether oxygens (including phenoxy) is 1. The molecule has 0 atom stereocenters. The molecular weight excluding hydrogens is 578 g/mol. The molecule has 244 valence electrons. The number of methoxy groups -OCH3 is 1. The first-order chi connectivity index (χ1) is 22.4. The first kappa shape index (κ1) is 30.9. The van der Waals surface area contributed by atoms with E-state index in [9.17, 15) is 9.59 Å². The number of pyridine rings is 2. The SMILES string of the molecule is COc1ccc(C2CCC(CNC(=O)C3(c4cc(-c5coc(C6CC6)n5)ccn4)CCC(NC(=O)C4CCC4)CC3)CC2)nc1C. The summed E-state index contributed by atoms with van der Waals surface area (Å²) in [5.74, 6) is 3.34. The van der Waals surface area contributed by atoms with Crippen molar-refractivity contribution in [2.24, 2.45) is 11.8 Å². The van der Waals surface area contributed by atoms with Gasteiger partial charge in [0, 0.05) is 47.8 Å². The van der Waals surface area contributed by atoms with Gasteiger partial charge in [-0.15, -0.1) is 0 Å². The van der Waals surface area contributed by atoms with Crippen LogP contribution in [-0.4, -0.2) is 46.5 Å². The minimum atomic E-state index is -0.751. The van der Waals surface area contributed by atoms with Gasteiger partial charge in [0.05, 0.1) is 23.9 Å². The Labute approximate surface area is 271 Å². The molecule has 3 aromatic heterocycles. The van der Waals surface area contributed by atoms with E-state index in [1.807, 2.05) is 25.1 Å². The summed E-state index contributed by atoms with van der Waals surface area (Å²) in [6.07, 6.45) is 16.0. The van der Waals surface area contributed by atoms with Crippen LogP contribution in [0, 0.1) is 18.8 Å². The third kappa shape index (κ3) is 6.42. The highest BCUT2D eigenvalue weighted by molar-refractivity contribution is 5.88. The maximum Gasteiger partial charge on any atom is 0.232 e. The molecule has 0 bridgehead atoms. The van der Waals surface area contributed by atoms with E-state index in [4.69, 9.17) is 24.1 Å². The molecule has 0 unspecified atom stereocenters. The van der Waals surface area contributed by atoms with Crippen molar-refractivity contribution < 1.29 is 18.7 Å². The van der Waals surface area contributed by atoms with E-state index in [0.29, 0.717) is 37.1 Å². The zero-order valence-corrected chi connectivity index (χ0v) is 27.2. The van der Waals surface area contributed by atoms with Crippen molar-refractivity contribution in [3.05, 3.63) is 59.7 Å². The monoisotopic (exact) mass is 625 g/mol. The average molecular weight is 626 g/mol. The highest BCUT2D eigenvalue weighted by Gasteiger charge is 2.45. The number of nitrogens with zero attached hydrogens (tertiary/aromatic N) is 3. The fourth-order valence-electron chi connectivity index (χ4n) is 7.71. The Morgan fingerprint density at radius 2 is 1.72 bits per heavy atom. The van der Waals surface area contributed by atoms with Crippen molar-refractivity contribution in [1.29, 1.82) is 0 Å². The molecule has 0 spiro atoms. The Morgan fingerprint density at radius 1 is 0.957 bits per heavy atom. The first-order valence-electron chi connectivity index (χ1n) is 17.4. The lowest BCUT2D eigenvalue weighted by molar-refractivity contribution is -0.129. The Morgan fingerprint density at radius 3 is 2.39 bits per heavy atom. The molecule has 3 aromatic rings. The van der Waals surface area contributed by atoms with E-state index in [1.165, 1.54) is 0 Å². The zero-order valence-electron chi connectivity index (χ0n) is 27.2. The molecule has 4 aliphatic carbocycles. The molecule has 2 amide bonds. The minimum absolute atomic E-state index is 0.0503. The predicted octanol–water partition coefficient (Wildman–Crippen LogP) is 6.51. The second-order valence-corrected chi connectivity index (χ2v) is 14.2. The Kier molecular flexibility index (Phi) is 8.84. The van der Waals surface area contributed by atoms with Gasteiger partial charge < -0.3 is 19.8 Å². The molecule has 0 radical (unpaired) electrons. The van der Waals surface area contributed by atoms with E-state index < -0.39 is 5.41 Å². The van der Waals surface area contributed by atoms with Gasteiger partial charge in [-0.1, -0.05) is 6.42 Å². The molecule has 4 aliphatic rings. The van der Waals surface area contributed by atoms with E-state index in [-0.39, 0.29) is 23.8 Å². The lowest BCUT2D eigenvalue weighted by Crippen LogP contribution is -2.52. The quantitative estimate of drug-likeness (QED) is 0.264. The zero-order chi connectivity index (χ0) is 31.7. The number of oxazole rings is 1. The van der Waals surface area contributed by atoms with Crippen LogP contribution < -0.4 is 15.4 Å². The van der Waals surface area contributed by atoms with Crippen LogP contribution in [0.2, 0.25) is 0 Å². The molecule has 9 heteroatoms. The maximum absolute atomic E-state index is 14.3. The van der Waals surface area contributed by atoms with Gasteiger partial charge in [0.1, 0.15) is 17.7 Å². The van der Waals surface area contributed by atoms with Crippen LogP contribution >= 0.6 is 0 Å². The van der Waals surface area contributed by atoms with Crippen LogP contribution in [0.25, 0.3) is 11.3 Å². The summed E-state index contributed by atoms with van der Waals surface area (Å²) in [5, 5.41) is 6.68. The summed E-state index contributed by atoms with van der Waals surface area (Å²) in [5.41, 5.74) is 3.82. The van der Waals surface area contributed by atoms with Crippen molar-refractivity contribution in [2.45, 2.75) is 114 Å². The summed E-state index contributed by atoms with van der Waals surface area (Å²) < 4.78 is 11.2. The number of hydrogen-bond donors (Lipinski definition) is 2. The summed E-state index contributed by atoms with van der Waals surface area (Å²) in [7, 11) is 1.68. The number of amides is 2.